The van der Waals surface area contributed by atoms with Crippen molar-refractivity contribution in [3.63, 3.8) is 0 Å². The summed E-state index contributed by atoms with van der Waals surface area (Å²) in [7, 11) is 1.85. The summed E-state index contributed by atoms with van der Waals surface area (Å²) in [6.07, 6.45) is 2.28. The summed E-state index contributed by atoms with van der Waals surface area (Å²) in [5.41, 5.74) is 5.40. The summed E-state index contributed by atoms with van der Waals surface area (Å²) < 4.78 is 0. The highest BCUT2D eigenvalue weighted by Crippen LogP contribution is 2.22. The molecule has 0 aromatic carbocycles. The molecule has 3 N–H and O–H groups in total. The van der Waals surface area contributed by atoms with Crippen molar-refractivity contribution in [2.75, 3.05) is 32.0 Å². The average molecular weight is 291 g/mol. The van der Waals surface area contributed by atoms with Crippen molar-refractivity contribution in [3.05, 3.63) is 22.3 Å². The monoisotopic (exact) mass is 290 g/mol. The molecule has 100 valence electrons. The second-order valence-electron chi connectivity index (χ2n) is 3.91. The minimum absolute atomic E-state index is 0.175. The SMILES string of the molecule is CN(CCCN)CC(=O)Nc1ncc(Cl)cc1Cl. The third-order valence-electron chi connectivity index (χ3n) is 2.22. The fraction of sp³-hybridized carbons (Fsp3) is 0.455. The van der Waals surface area contributed by atoms with Crippen molar-refractivity contribution in [3.8, 4) is 0 Å². The smallest absolute Gasteiger partial charge is 0.239 e. The highest BCUT2D eigenvalue weighted by molar-refractivity contribution is 6.36. The topological polar surface area (TPSA) is 71.2 Å². The van der Waals surface area contributed by atoms with Crippen molar-refractivity contribution in [1.29, 1.82) is 0 Å². The van der Waals surface area contributed by atoms with Crippen LogP contribution in [0.25, 0.3) is 0 Å². The number of halogens is 2. The highest BCUT2D eigenvalue weighted by atomic mass is 35.5. The van der Waals surface area contributed by atoms with E-state index >= 15 is 0 Å². The van der Waals surface area contributed by atoms with E-state index in [-0.39, 0.29) is 12.5 Å². The number of carbonyl (C=O) groups excluding carboxylic acids is 1. The molecule has 0 aliphatic heterocycles. The number of nitrogens with two attached hydrogens (primary N) is 1. The van der Waals surface area contributed by atoms with Crippen molar-refractivity contribution in [2.24, 2.45) is 5.73 Å². The van der Waals surface area contributed by atoms with Gasteiger partial charge in [-0.25, -0.2) is 4.98 Å². The van der Waals surface area contributed by atoms with E-state index in [4.69, 9.17) is 28.9 Å². The standard InChI is InChI=1S/C11H16Cl2N4O/c1-17(4-2-3-14)7-10(18)16-11-9(13)5-8(12)6-15-11/h5-6H,2-4,7,14H2,1H3,(H,15,16,18). The van der Waals surface area contributed by atoms with Gasteiger partial charge in [-0.2, -0.15) is 0 Å². The number of hydrogen-bond donors (Lipinski definition) is 2. The van der Waals surface area contributed by atoms with Crippen molar-refractivity contribution in [2.45, 2.75) is 6.42 Å². The summed E-state index contributed by atoms with van der Waals surface area (Å²) in [6, 6.07) is 1.53. The predicted octanol–water partition coefficient (Wildman–Crippen LogP) is 1.61. The fourth-order valence-corrected chi connectivity index (χ4v) is 1.79. The molecule has 1 rings (SSSR count). The Hall–Kier alpha value is -0.880. The van der Waals surface area contributed by atoms with Gasteiger partial charge in [0.2, 0.25) is 5.91 Å². The molecular formula is C11H16Cl2N4O. The van der Waals surface area contributed by atoms with Crippen LogP contribution in [0.5, 0.6) is 0 Å². The summed E-state index contributed by atoms with van der Waals surface area (Å²) in [4.78, 5) is 17.5. The van der Waals surface area contributed by atoms with Crippen LogP contribution in [-0.2, 0) is 4.79 Å². The number of carbonyl (C=O) groups is 1. The minimum Gasteiger partial charge on any atom is -0.330 e. The van der Waals surface area contributed by atoms with E-state index < -0.39 is 0 Å². The van der Waals surface area contributed by atoms with E-state index in [2.05, 4.69) is 10.3 Å². The Balaban J connectivity index is 2.49. The van der Waals surface area contributed by atoms with Crippen LogP contribution in [0.1, 0.15) is 6.42 Å². The van der Waals surface area contributed by atoms with Gasteiger partial charge in [0.05, 0.1) is 16.6 Å². The van der Waals surface area contributed by atoms with Gasteiger partial charge in [0.15, 0.2) is 5.82 Å². The number of nitrogens with one attached hydrogen (secondary N) is 1. The Morgan fingerprint density at radius 3 is 2.89 bits per heavy atom. The Bertz CT molecular complexity index is 414. The van der Waals surface area contributed by atoms with Crippen LogP contribution in [0.15, 0.2) is 12.3 Å². The molecule has 0 atom stereocenters. The second kappa shape index (κ2) is 7.53. The molecule has 18 heavy (non-hydrogen) atoms. The van der Waals surface area contributed by atoms with Crippen LogP contribution in [0, 0.1) is 0 Å². The van der Waals surface area contributed by atoms with Crippen molar-refractivity contribution >= 4 is 34.9 Å². The van der Waals surface area contributed by atoms with Crippen molar-refractivity contribution in [1.82, 2.24) is 9.88 Å². The minimum atomic E-state index is -0.175. The van der Waals surface area contributed by atoms with E-state index in [9.17, 15) is 4.79 Å². The second-order valence-corrected chi connectivity index (χ2v) is 4.76. The maximum absolute atomic E-state index is 11.7. The lowest BCUT2D eigenvalue weighted by atomic mass is 10.4. The normalized spacial score (nSPS) is 10.7. The molecule has 0 saturated carbocycles. The number of anilines is 1. The molecule has 0 spiro atoms. The molecule has 7 heteroatoms. The van der Waals surface area contributed by atoms with Gasteiger partial charge in [-0.3, -0.25) is 9.69 Å². The molecular weight excluding hydrogens is 275 g/mol. The van der Waals surface area contributed by atoms with Gasteiger partial charge in [0.25, 0.3) is 0 Å². The maximum Gasteiger partial charge on any atom is 0.239 e. The van der Waals surface area contributed by atoms with Gasteiger partial charge in [-0.15, -0.1) is 0 Å². The molecule has 0 unspecified atom stereocenters. The molecule has 0 fully saturated rings. The van der Waals surface area contributed by atoms with Gasteiger partial charge < -0.3 is 11.1 Å². The van der Waals surface area contributed by atoms with Crippen LogP contribution in [0.3, 0.4) is 0 Å². The molecule has 0 bridgehead atoms. The molecule has 0 radical (unpaired) electrons. The number of likely N-dealkylation sites (N-methyl/N-ethyl adjacent to an activating group) is 1. The first-order valence-corrected chi connectivity index (χ1v) is 6.28. The zero-order valence-corrected chi connectivity index (χ0v) is 11.6. The molecule has 0 aliphatic carbocycles. The van der Waals surface area contributed by atoms with E-state index in [0.29, 0.717) is 22.4 Å². The summed E-state index contributed by atoms with van der Waals surface area (Å²) >= 11 is 11.6. The Morgan fingerprint density at radius 2 is 2.28 bits per heavy atom. The number of rotatable bonds is 6. The lowest BCUT2D eigenvalue weighted by Gasteiger charge is -2.15. The Kier molecular flexibility index (Phi) is 6.35. The van der Waals surface area contributed by atoms with Crippen LogP contribution >= 0.6 is 23.2 Å². The first-order valence-electron chi connectivity index (χ1n) is 5.52. The molecule has 5 nitrogen and oxygen atoms in total. The Morgan fingerprint density at radius 1 is 1.56 bits per heavy atom. The average Bonchev–Trinajstić information content (AvgIpc) is 2.30. The van der Waals surface area contributed by atoms with Crippen molar-refractivity contribution < 1.29 is 4.79 Å². The lowest BCUT2D eigenvalue weighted by Crippen LogP contribution is -2.31. The van der Waals surface area contributed by atoms with E-state index in [1.165, 1.54) is 12.3 Å². The summed E-state index contributed by atoms with van der Waals surface area (Å²) in [6.45, 7) is 1.64. The molecule has 0 saturated heterocycles. The van der Waals surface area contributed by atoms with Gasteiger partial charge in [-0.05, 0) is 32.6 Å². The van der Waals surface area contributed by atoms with Gasteiger partial charge in [0.1, 0.15) is 0 Å². The quantitative estimate of drug-likeness (QED) is 0.835. The van der Waals surface area contributed by atoms with Crippen LogP contribution in [0.4, 0.5) is 5.82 Å². The van der Waals surface area contributed by atoms with Crippen LogP contribution in [-0.4, -0.2) is 42.5 Å². The zero-order valence-electron chi connectivity index (χ0n) is 10.1. The maximum atomic E-state index is 11.7. The highest BCUT2D eigenvalue weighted by Gasteiger charge is 2.09. The van der Waals surface area contributed by atoms with Gasteiger partial charge in [0, 0.05) is 6.20 Å². The number of hydrogen-bond acceptors (Lipinski definition) is 4. The third kappa shape index (κ3) is 5.18. The predicted molar refractivity (Wildman–Crippen MR) is 74.1 cm³/mol. The first-order chi connectivity index (χ1) is 8.52. The lowest BCUT2D eigenvalue weighted by molar-refractivity contribution is -0.117. The molecule has 1 heterocycles. The van der Waals surface area contributed by atoms with Crippen LogP contribution < -0.4 is 11.1 Å². The Labute approximate surface area is 116 Å². The van der Waals surface area contributed by atoms with Crippen LogP contribution in [0.2, 0.25) is 10.0 Å². The van der Waals surface area contributed by atoms with E-state index in [1.54, 1.807) is 0 Å². The fourth-order valence-electron chi connectivity index (χ4n) is 1.36. The molecule has 1 amide bonds. The van der Waals surface area contributed by atoms with E-state index in [0.717, 1.165) is 13.0 Å². The first kappa shape index (κ1) is 15.2. The number of amides is 1. The third-order valence-corrected chi connectivity index (χ3v) is 2.72. The summed E-state index contributed by atoms with van der Waals surface area (Å²) in [5.74, 6) is 0.143. The number of pyridine rings is 1. The van der Waals surface area contributed by atoms with E-state index in [1.807, 2.05) is 11.9 Å². The van der Waals surface area contributed by atoms with Gasteiger partial charge >= 0.3 is 0 Å². The zero-order chi connectivity index (χ0) is 13.5. The summed E-state index contributed by atoms with van der Waals surface area (Å²) in [5, 5.41) is 3.38. The molecule has 1 aromatic heterocycles. The number of aromatic nitrogens is 1. The molecule has 1 aromatic rings. The number of nitrogens with zero attached hydrogens (tertiary/aromatic N) is 2. The molecule has 0 aliphatic rings. The van der Waals surface area contributed by atoms with Gasteiger partial charge in [-0.1, -0.05) is 23.2 Å². The largest absolute Gasteiger partial charge is 0.330 e.